The third-order valence-corrected chi connectivity index (χ3v) is 15.9. The van der Waals surface area contributed by atoms with Crippen LogP contribution in [0.25, 0.3) is 77.9 Å². The zero-order valence-electron chi connectivity index (χ0n) is 39.8. The van der Waals surface area contributed by atoms with Gasteiger partial charge in [0.15, 0.2) is 0 Å². The summed E-state index contributed by atoms with van der Waals surface area (Å²) in [6.07, 6.45) is 0. The second kappa shape index (κ2) is 15.9. The zero-order valence-corrected chi connectivity index (χ0v) is 39.8. The fourth-order valence-corrected chi connectivity index (χ4v) is 12.8. The second-order valence-electron chi connectivity index (χ2n) is 19.9. The van der Waals surface area contributed by atoms with Crippen molar-refractivity contribution in [2.45, 2.75) is 24.7 Å². The first-order valence-electron chi connectivity index (χ1n) is 24.9. The average molecular weight is 904 g/mol. The summed E-state index contributed by atoms with van der Waals surface area (Å²) in [6.45, 7) is 4.81. The maximum atomic E-state index is 2.56. The van der Waals surface area contributed by atoms with Crippen LogP contribution in [-0.4, -0.2) is 0 Å². The van der Waals surface area contributed by atoms with Crippen LogP contribution in [0.5, 0.6) is 0 Å². The van der Waals surface area contributed by atoms with E-state index in [-0.39, 0.29) is 5.41 Å². The molecule has 0 N–H and O–H groups in total. The molecule has 0 amide bonds. The number of benzene rings is 11. The fourth-order valence-electron chi connectivity index (χ4n) is 12.8. The van der Waals surface area contributed by atoms with E-state index in [1.807, 2.05) is 0 Å². The Morgan fingerprint density at radius 3 is 1.30 bits per heavy atom. The van der Waals surface area contributed by atoms with Gasteiger partial charge in [0.2, 0.25) is 0 Å². The molecule has 0 unspecified atom stereocenters. The van der Waals surface area contributed by atoms with Crippen molar-refractivity contribution in [2.75, 3.05) is 4.90 Å². The van der Waals surface area contributed by atoms with Crippen LogP contribution in [-0.2, 0) is 10.8 Å². The van der Waals surface area contributed by atoms with Gasteiger partial charge in [0, 0.05) is 22.4 Å². The molecule has 0 fully saturated rings. The van der Waals surface area contributed by atoms with Crippen molar-refractivity contribution in [1.29, 1.82) is 0 Å². The molecular weight excluding hydrogens is 855 g/mol. The van der Waals surface area contributed by atoms with Gasteiger partial charge in [0.1, 0.15) is 0 Å². The molecule has 0 atom stereocenters. The maximum Gasteiger partial charge on any atom is 0.0725 e. The standard InChI is InChI=1S/C70H49N/c1-69(2)65-43-49(46-21-6-3-7-22-46)37-40-57(65)58-41-38-51(45-66(58)69)71(67-36-20-32-53(48-25-10-5-11-26-48)68(67)59-31-13-12-27-52(59)47-23-8-4-9-24-47)50-39-42-64-60(44-50)56-30-16-19-35-63(56)70(64)61-33-17-14-28-54(61)55-29-15-18-34-62(55)70/h3-45H,1-2H3. The van der Waals surface area contributed by atoms with E-state index in [2.05, 4.69) is 280 Å². The van der Waals surface area contributed by atoms with E-state index in [0.717, 1.165) is 17.1 Å². The summed E-state index contributed by atoms with van der Waals surface area (Å²) in [5.74, 6) is 0. The van der Waals surface area contributed by atoms with Gasteiger partial charge in [-0.15, -0.1) is 0 Å². The molecule has 3 aliphatic carbocycles. The Hall–Kier alpha value is -8.78. The molecule has 14 rings (SSSR count). The Kier molecular flexibility index (Phi) is 9.22. The van der Waals surface area contributed by atoms with Gasteiger partial charge in [0.25, 0.3) is 0 Å². The van der Waals surface area contributed by atoms with Crippen molar-refractivity contribution in [3.63, 3.8) is 0 Å². The summed E-state index contributed by atoms with van der Waals surface area (Å²) in [5, 5.41) is 0. The number of fused-ring (bicyclic) bond motifs is 13. The van der Waals surface area contributed by atoms with E-state index in [9.17, 15) is 0 Å². The molecule has 334 valence electrons. The van der Waals surface area contributed by atoms with Crippen LogP contribution in [0.3, 0.4) is 0 Å². The molecule has 1 heteroatoms. The lowest BCUT2D eigenvalue weighted by Gasteiger charge is -2.33. The summed E-state index contributed by atoms with van der Waals surface area (Å²) >= 11 is 0. The second-order valence-corrected chi connectivity index (χ2v) is 19.9. The van der Waals surface area contributed by atoms with E-state index >= 15 is 0 Å². The van der Waals surface area contributed by atoms with Crippen molar-refractivity contribution in [1.82, 2.24) is 0 Å². The molecule has 0 radical (unpaired) electrons. The van der Waals surface area contributed by atoms with Crippen LogP contribution in [0.4, 0.5) is 17.1 Å². The number of hydrogen-bond donors (Lipinski definition) is 0. The molecular formula is C70H49N. The highest BCUT2D eigenvalue weighted by molar-refractivity contribution is 6.03. The van der Waals surface area contributed by atoms with Crippen molar-refractivity contribution < 1.29 is 0 Å². The van der Waals surface area contributed by atoms with E-state index in [4.69, 9.17) is 0 Å². The van der Waals surface area contributed by atoms with Gasteiger partial charge < -0.3 is 4.90 Å². The smallest absolute Gasteiger partial charge is 0.0725 e. The third-order valence-electron chi connectivity index (χ3n) is 15.9. The Labute approximate surface area is 416 Å². The van der Waals surface area contributed by atoms with Gasteiger partial charge in [-0.3, -0.25) is 0 Å². The van der Waals surface area contributed by atoms with Crippen molar-refractivity contribution in [3.8, 4) is 77.9 Å². The number of nitrogens with zero attached hydrogens (tertiary/aromatic N) is 1. The summed E-state index contributed by atoms with van der Waals surface area (Å²) < 4.78 is 0. The largest absolute Gasteiger partial charge is 0.310 e. The highest BCUT2D eigenvalue weighted by Gasteiger charge is 2.51. The lowest BCUT2D eigenvalue weighted by Crippen LogP contribution is -2.25. The Balaban J connectivity index is 1.04. The van der Waals surface area contributed by atoms with Gasteiger partial charge in [-0.05, 0) is 142 Å². The summed E-state index contributed by atoms with van der Waals surface area (Å²) in [4.78, 5) is 2.56. The molecule has 0 bridgehead atoms. The molecule has 0 aliphatic heterocycles. The minimum atomic E-state index is -0.433. The first kappa shape index (κ1) is 41.2. The zero-order chi connectivity index (χ0) is 47.3. The highest BCUT2D eigenvalue weighted by Crippen LogP contribution is 2.64. The molecule has 0 heterocycles. The van der Waals surface area contributed by atoms with Crippen LogP contribution in [0.2, 0.25) is 0 Å². The molecule has 71 heavy (non-hydrogen) atoms. The molecule has 1 spiro atoms. The highest BCUT2D eigenvalue weighted by atomic mass is 15.1. The Morgan fingerprint density at radius 2 is 0.676 bits per heavy atom. The van der Waals surface area contributed by atoms with E-state index in [1.165, 1.54) is 111 Å². The normalized spacial score (nSPS) is 13.7. The average Bonchev–Trinajstić information content (AvgIpc) is 4.01. The molecule has 1 nitrogen and oxygen atoms in total. The van der Waals surface area contributed by atoms with Crippen molar-refractivity contribution >= 4 is 17.1 Å². The predicted octanol–water partition coefficient (Wildman–Crippen LogP) is 18.5. The third kappa shape index (κ3) is 6.06. The molecule has 0 saturated heterocycles. The van der Waals surface area contributed by atoms with Crippen LogP contribution in [0, 0.1) is 0 Å². The van der Waals surface area contributed by atoms with Gasteiger partial charge in [-0.25, -0.2) is 0 Å². The minimum absolute atomic E-state index is 0.252. The molecule has 11 aromatic carbocycles. The van der Waals surface area contributed by atoms with Crippen LogP contribution in [0.15, 0.2) is 261 Å². The first-order chi connectivity index (χ1) is 35.0. The van der Waals surface area contributed by atoms with E-state index in [0.29, 0.717) is 0 Å². The van der Waals surface area contributed by atoms with Crippen LogP contribution in [0.1, 0.15) is 47.2 Å². The van der Waals surface area contributed by atoms with E-state index in [1.54, 1.807) is 0 Å². The maximum absolute atomic E-state index is 2.56. The lowest BCUT2D eigenvalue weighted by atomic mass is 9.70. The minimum Gasteiger partial charge on any atom is -0.310 e. The number of anilines is 3. The molecule has 0 aromatic heterocycles. The number of hydrogen-bond acceptors (Lipinski definition) is 1. The SMILES string of the molecule is CC1(C)c2cc(-c3ccccc3)ccc2-c2ccc(N(c3ccc4c(c3)-c3ccccc3C43c4ccccc4-c4ccccc43)c3cccc(-c4ccccc4)c3-c3ccccc3-c3ccccc3)cc21. The topological polar surface area (TPSA) is 3.24 Å². The molecule has 11 aromatic rings. The van der Waals surface area contributed by atoms with Crippen molar-refractivity contribution in [3.05, 3.63) is 294 Å². The van der Waals surface area contributed by atoms with Crippen molar-refractivity contribution in [2.24, 2.45) is 0 Å². The number of rotatable bonds is 7. The summed E-state index contributed by atoms with van der Waals surface area (Å²) in [6, 6.07) is 97.4. The lowest BCUT2D eigenvalue weighted by molar-refractivity contribution is 0.660. The van der Waals surface area contributed by atoms with Gasteiger partial charge >= 0.3 is 0 Å². The summed E-state index contributed by atoms with van der Waals surface area (Å²) in [7, 11) is 0. The fraction of sp³-hybridized carbons (Fsp3) is 0.0571. The predicted molar refractivity (Wildman–Crippen MR) is 297 cm³/mol. The summed E-state index contributed by atoms with van der Waals surface area (Å²) in [5.41, 5.74) is 28.1. The molecule has 3 aliphatic rings. The van der Waals surface area contributed by atoms with Gasteiger partial charge in [0.05, 0.1) is 11.1 Å². The quantitative estimate of drug-likeness (QED) is 0.154. The van der Waals surface area contributed by atoms with Gasteiger partial charge in [-0.1, -0.05) is 238 Å². The molecule has 0 saturated carbocycles. The van der Waals surface area contributed by atoms with E-state index < -0.39 is 5.41 Å². The Morgan fingerprint density at radius 1 is 0.254 bits per heavy atom. The monoisotopic (exact) mass is 903 g/mol. The van der Waals surface area contributed by atoms with Gasteiger partial charge in [-0.2, -0.15) is 0 Å². The first-order valence-corrected chi connectivity index (χ1v) is 24.9. The van der Waals surface area contributed by atoms with Crippen LogP contribution < -0.4 is 4.90 Å². The Bertz CT molecular complexity index is 3850. The van der Waals surface area contributed by atoms with Crippen LogP contribution >= 0.6 is 0 Å².